The van der Waals surface area contributed by atoms with Crippen LogP contribution in [0, 0.1) is 5.82 Å². The van der Waals surface area contributed by atoms with Crippen LogP contribution in [-0.2, 0) is 6.42 Å². The summed E-state index contributed by atoms with van der Waals surface area (Å²) in [6, 6.07) is 12.6. The van der Waals surface area contributed by atoms with E-state index in [1.54, 1.807) is 13.2 Å². The van der Waals surface area contributed by atoms with Crippen molar-refractivity contribution >= 4 is 16.7 Å². The van der Waals surface area contributed by atoms with Crippen molar-refractivity contribution in [2.75, 3.05) is 19.0 Å². The zero-order valence-corrected chi connectivity index (χ0v) is 12.9. The number of fused-ring (bicyclic) bond motifs is 1. The summed E-state index contributed by atoms with van der Waals surface area (Å²) in [6.07, 6.45) is 3.36. The zero-order chi connectivity index (χ0) is 16.1. The number of nitrogens with zero attached hydrogens (tertiary/aromatic N) is 2. The number of hydrogen-bond acceptors (Lipinski definition) is 4. The SMILES string of the molecule is COc1cccc(CCCNc2ncnc3ccc(F)cc23)c1. The molecule has 118 valence electrons. The Kier molecular flexibility index (Phi) is 4.66. The average Bonchev–Trinajstić information content (AvgIpc) is 2.59. The number of ether oxygens (including phenoxy) is 1. The molecule has 0 bridgehead atoms. The van der Waals surface area contributed by atoms with Gasteiger partial charge in [0.25, 0.3) is 0 Å². The molecule has 0 aliphatic rings. The molecule has 1 N–H and O–H groups in total. The van der Waals surface area contributed by atoms with Crippen LogP contribution in [-0.4, -0.2) is 23.6 Å². The van der Waals surface area contributed by atoms with Crippen molar-refractivity contribution in [3.8, 4) is 5.75 Å². The van der Waals surface area contributed by atoms with Crippen LogP contribution in [0.25, 0.3) is 10.9 Å². The van der Waals surface area contributed by atoms with Crippen LogP contribution in [0.2, 0.25) is 0 Å². The Hall–Kier alpha value is -2.69. The number of aromatic nitrogens is 2. The van der Waals surface area contributed by atoms with E-state index >= 15 is 0 Å². The van der Waals surface area contributed by atoms with E-state index in [4.69, 9.17) is 4.74 Å². The Balaban J connectivity index is 1.61. The summed E-state index contributed by atoms with van der Waals surface area (Å²) in [5.74, 6) is 1.25. The monoisotopic (exact) mass is 311 g/mol. The van der Waals surface area contributed by atoms with Crippen molar-refractivity contribution in [3.63, 3.8) is 0 Å². The van der Waals surface area contributed by atoms with E-state index in [1.165, 1.54) is 24.0 Å². The second kappa shape index (κ2) is 7.05. The second-order valence-electron chi connectivity index (χ2n) is 5.27. The molecule has 0 aliphatic carbocycles. The first-order valence-electron chi connectivity index (χ1n) is 7.53. The van der Waals surface area contributed by atoms with Gasteiger partial charge in [-0.15, -0.1) is 0 Å². The third-order valence-corrected chi connectivity index (χ3v) is 3.67. The van der Waals surface area contributed by atoms with Gasteiger partial charge in [-0.2, -0.15) is 0 Å². The number of hydrogen-bond donors (Lipinski definition) is 1. The van der Waals surface area contributed by atoms with Gasteiger partial charge in [-0.25, -0.2) is 14.4 Å². The molecular formula is C18H18FN3O. The predicted molar refractivity (Wildman–Crippen MR) is 89.3 cm³/mol. The quantitative estimate of drug-likeness (QED) is 0.703. The van der Waals surface area contributed by atoms with Crippen molar-refractivity contribution in [1.82, 2.24) is 9.97 Å². The standard InChI is InChI=1S/C18H18FN3O/c1-23-15-6-2-4-13(10-15)5-3-9-20-18-16-11-14(19)7-8-17(16)21-12-22-18/h2,4,6-8,10-12H,3,5,9H2,1H3,(H,20,21,22). The summed E-state index contributed by atoms with van der Waals surface area (Å²) in [4.78, 5) is 8.36. The predicted octanol–water partition coefficient (Wildman–Crippen LogP) is 3.82. The molecule has 0 spiro atoms. The molecule has 0 aliphatic heterocycles. The number of benzene rings is 2. The van der Waals surface area contributed by atoms with Crippen LogP contribution < -0.4 is 10.1 Å². The van der Waals surface area contributed by atoms with Gasteiger partial charge >= 0.3 is 0 Å². The fourth-order valence-corrected chi connectivity index (χ4v) is 2.50. The summed E-state index contributed by atoms with van der Waals surface area (Å²) >= 11 is 0. The number of methoxy groups -OCH3 is 1. The van der Waals surface area contributed by atoms with Crippen molar-refractivity contribution in [2.45, 2.75) is 12.8 Å². The fraction of sp³-hybridized carbons (Fsp3) is 0.222. The summed E-state index contributed by atoms with van der Waals surface area (Å²) in [5.41, 5.74) is 1.96. The Morgan fingerprint density at radius 2 is 2.04 bits per heavy atom. The fourth-order valence-electron chi connectivity index (χ4n) is 2.50. The van der Waals surface area contributed by atoms with Crippen LogP contribution >= 0.6 is 0 Å². The smallest absolute Gasteiger partial charge is 0.137 e. The molecule has 3 aromatic rings. The lowest BCUT2D eigenvalue weighted by atomic mass is 10.1. The molecule has 0 saturated heterocycles. The minimum atomic E-state index is -0.285. The van der Waals surface area contributed by atoms with Crippen molar-refractivity contribution in [3.05, 3.63) is 60.2 Å². The van der Waals surface area contributed by atoms with Gasteiger partial charge in [0.1, 0.15) is 23.7 Å². The van der Waals surface area contributed by atoms with Gasteiger partial charge in [-0.1, -0.05) is 12.1 Å². The molecule has 2 aromatic carbocycles. The molecule has 0 unspecified atom stereocenters. The lowest BCUT2D eigenvalue weighted by Crippen LogP contribution is -2.05. The summed E-state index contributed by atoms with van der Waals surface area (Å²) in [6.45, 7) is 0.750. The largest absolute Gasteiger partial charge is 0.497 e. The molecule has 4 nitrogen and oxygen atoms in total. The normalized spacial score (nSPS) is 10.7. The first kappa shape index (κ1) is 15.2. The van der Waals surface area contributed by atoms with Crippen LogP contribution in [0.15, 0.2) is 48.8 Å². The van der Waals surface area contributed by atoms with Gasteiger partial charge in [-0.05, 0) is 48.7 Å². The molecule has 3 rings (SSSR count). The number of nitrogens with one attached hydrogen (secondary N) is 1. The third-order valence-electron chi connectivity index (χ3n) is 3.67. The molecule has 1 aromatic heterocycles. The van der Waals surface area contributed by atoms with Crippen molar-refractivity contribution in [1.29, 1.82) is 0 Å². The first-order valence-corrected chi connectivity index (χ1v) is 7.53. The third kappa shape index (κ3) is 3.74. The van der Waals surface area contributed by atoms with E-state index in [-0.39, 0.29) is 5.82 Å². The van der Waals surface area contributed by atoms with Crippen LogP contribution in [0.4, 0.5) is 10.2 Å². The second-order valence-corrected chi connectivity index (χ2v) is 5.27. The molecule has 0 atom stereocenters. The molecule has 0 radical (unpaired) electrons. The summed E-state index contributed by atoms with van der Waals surface area (Å²) in [7, 11) is 1.67. The van der Waals surface area contributed by atoms with Gasteiger partial charge < -0.3 is 10.1 Å². The van der Waals surface area contributed by atoms with E-state index in [0.29, 0.717) is 11.2 Å². The maximum atomic E-state index is 13.4. The highest BCUT2D eigenvalue weighted by atomic mass is 19.1. The molecule has 23 heavy (non-hydrogen) atoms. The van der Waals surface area contributed by atoms with Crippen molar-refractivity contribution in [2.24, 2.45) is 0 Å². The Bertz CT molecular complexity index is 807. The molecule has 0 amide bonds. The number of aryl methyl sites for hydroxylation is 1. The van der Waals surface area contributed by atoms with E-state index < -0.39 is 0 Å². The average molecular weight is 311 g/mol. The maximum absolute atomic E-state index is 13.4. The van der Waals surface area contributed by atoms with Crippen LogP contribution in [0.1, 0.15) is 12.0 Å². The van der Waals surface area contributed by atoms with Crippen molar-refractivity contribution < 1.29 is 9.13 Å². The summed E-state index contributed by atoms with van der Waals surface area (Å²) in [5, 5.41) is 3.97. The van der Waals surface area contributed by atoms with Crippen LogP contribution in [0.3, 0.4) is 0 Å². The number of rotatable bonds is 6. The van der Waals surface area contributed by atoms with Gasteiger partial charge in [0.05, 0.1) is 12.6 Å². The minimum absolute atomic E-state index is 0.285. The molecular weight excluding hydrogens is 293 g/mol. The number of anilines is 1. The Labute approximate surface area is 134 Å². The summed E-state index contributed by atoms with van der Waals surface area (Å²) < 4.78 is 18.6. The van der Waals surface area contributed by atoms with E-state index in [1.807, 2.05) is 18.2 Å². The Morgan fingerprint density at radius 3 is 2.91 bits per heavy atom. The van der Waals surface area contributed by atoms with E-state index in [2.05, 4.69) is 21.4 Å². The van der Waals surface area contributed by atoms with Gasteiger partial charge in [0.15, 0.2) is 0 Å². The highest BCUT2D eigenvalue weighted by molar-refractivity contribution is 5.88. The Morgan fingerprint density at radius 1 is 1.13 bits per heavy atom. The topological polar surface area (TPSA) is 47.0 Å². The zero-order valence-electron chi connectivity index (χ0n) is 12.9. The minimum Gasteiger partial charge on any atom is -0.497 e. The van der Waals surface area contributed by atoms with Gasteiger partial charge in [0, 0.05) is 11.9 Å². The molecule has 0 fully saturated rings. The lowest BCUT2D eigenvalue weighted by molar-refractivity contribution is 0.414. The molecule has 0 saturated carbocycles. The van der Waals surface area contributed by atoms with Crippen LogP contribution in [0.5, 0.6) is 5.75 Å². The lowest BCUT2D eigenvalue weighted by Gasteiger charge is -2.09. The molecule has 1 heterocycles. The van der Waals surface area contributed by atoms with E-state index in [9.17, 15) is 4.39 Å². The maximum Gasteiger partial charge on any atom is 0.137 e. The van der Waals surface area contributed by atoms with Gasteiger partial charge in [0.2, 0.25) is 0 Å². The first-order chi connectivity index (χ1) is 11.3. The highest BCUT2D eigenvalue weighted by Crippen LogP contribution is 2.20. The van der Waals surface area contributed by atoms with Gasteiger partial charge in [-0.3, -0.25) is 0 Å². The van der Waals surface area contributed by atoms with E-state index in [0.717, 1.165) is 30.7 Å². The molecule has 5 heteroatoms. The highest BCUT2D eigenvalue weighted by Gasteiger charge is 2.04. The number of halogens is 1.